The van der Waals surface area contributed by atoms with Crippen LogP contribution in [-0.2, 0) is 9.59 Å². The molecule has 0 N–H and O–H groups in total. The number of halogens is 4. The van der Waals surface area contributed by atoms with Crippen LogP contribution in [0.15, 0.2) is 66.4 Å². The molecular formula is C16H8Br4O4. The van der Waals surface area contributed by atoms with Crippen molar-refractivity contribution in [1.29, 1.82) is 0 Å². The highest BCUT2D eigenvalue weighted by atomic mass is 79.9. The molecule has 0 aliphatic heterocycles. The van der Waals surface area contributed by atoms with Crippen molar-refractivity contribution in [2.45, 2.75) is 0 Å². The first-order valence-corrected chi connectivity index (χ1v) is 9.56. The number of rotatable bonds is 4. The summed E-state index contributed by atoms with van der Waals surface area (Å²) in [4.78, 5) is 24.2. The molecular weight excluding hydrogens is 576 g/mol. The van der Waals surface area contributed by atoms with Crippen LogP contribution >= 0.6 is 63.7 Å². The number of ether oxygens (including phenoxy) is 2. The molecule has 0 heterocycles. The average molecular weight is 584 g/mol. The van der Waals surface area contributed by atoms with Crippen LogP contribution < -0.4 is 9.47 Å². The number of carbonyl (C=O) groups is 2. The van der Waals surface area contributed by atoms with Gasteiger partial charge in [-0.3, -0.25) is 0 Å². The van der Waals surface area contributed by atoms with Crippen LogP contribution in [0.2, 0.25) is 0 Å². The normalized spacial score (nSPS) is 11.5. The summed E-state index contributed by atoms with van der Waals surface area (Å²) in [5.74, 6) is -0.796. The van der Waals surface area contributed by atoms with Crippen LogP contribution in [-0.4, -0.2) is 11.9 Å². The van der Waals surface area contributed by atoms with E-state index in [2.05, 4.69) is 63.7 Å². The molecule has 0 amide bonds. The molecule has 8 heteroatoms. The maximum atomic E-state index is 12.2. The molecule has 0 aliphatic rings. The Labute approximate surface area is 171 Å². The second-order valence-electron chi connectivity index (χ2n) is 4.27. The maximum absolute atomic E-state index is 12.2. The van der Waals surface area contributed by atoms with Crippen LogP contribution in [0.4, 0.5) is 0 Å². The molecule has 0 spiro atoms. The SMILES string of the molecule is O=C(Oc1ccccc1)/C(Br)=C(\Br)C(=O)Oc1cccc(Br)c1Br. The molecule has 0 atom stereocenters. The minimum Gasteiger partial charge on any atom is -0.423 e. The molecule has 2 aromatic carbocycles. The van der Waals surface area contributed by atoms with Gasteiger partial charge >= 0.3 is 11.9 Å². The van der Waals surface area contributed by atoms with Crippen LogP contribution in [0.5, 0.6) is 11.5 Å². The number of hydrogen-bond donors (Lipinski definition) is 0. The van der Waals surface area contributed by atoms with Gasteiger partial charge in [0.1, 0.15) is 20.5 Å². The smallest absolute Gasteiger partial charge is 0.352 e. The first kappa shape index (κ1) is 19.4. The van der Waals surface area contributed by atoms with Gasteiger partial charge in [-0.15, -0.1) is 0 Å². The average Bonchev–Trinajstić information content (AvgIpc) is 2.58. The number of esters is 2. The van der Waals surface area contributed by atoms with Crippen molar-refractivity contribution in [3.05, 3.63) is 66.4 Å². The largest absolute Gasteiger partial charge is 0.423 e. The summed E-state index contributed by atoms with van der Waals surface area (Å²) < 4.78 is 11.5. The second kappa shape index (κ2) is 8.94. The van der Waals surface area contributed by atoms with E-state index in [9.17, 15) is 9.59 Å². The number of carbonyl (C=O) groups excluding carboxylic acids is 2. The van der Waals surface area contributed by atoms with E-state index >= 15 is 0 Å². The van der Waals surface area contributed by atoms with Gasteiger partial charge in [-0.05, 0) is 88.0 Å². The third kappa shape index (κ3) is 5.02. The minimum atomic E-state index is -0.745. The summed E-state index contributed by atoms with van der Waals surface area (Å²) in [5, 5.41) is 0. The van der Waals surface area contributed by atoms with Crippen LogP contribution in [0.25, 0.3) is 0 Å². The predicted octanol–water partition coefficient (Wildman–Crippen LogP) is 5.72. The summed E-state index contributed by atoms with van der Waals surface area (Å²) >= 11 is 12.7. The number of benzene rings is 2. The maximum Gasteiger partial charge on any atom is 0.352 e. The van der Waals surface area contributed by atoms with E-state index in [-0.39, 0.29) is 8.96 Å². The third-order valence-corrected chi connectivity index (χ3v) is 6.61. The first-order valence-electron chi connectivity index (χ1n) is 6.39. The molecule has 2 aromatic rings. The van der Waals surface area contributed by atoms with Gasteiger partial charge < -0.3 is 9.47 Å². The van der Waals surface area contributed by atoms with Crippen LogP contribution in [0.3, 0.4) is 0 Å². The molecule has 0 aromatic heterocycles. The molecule has 0 saturated carbocycles. The molecule has 0 unspecified atom stereocenters. The highest BCUT2D eigenvalue weighted by Gasteiger charge is 2.21. The summed E-state index contributed by atoms with van der Waals surface area (Å²) in [7, 11) is 0. The van der Waals surface area contributed by atoms with Crippen molar-refractivity contribution < 1.29 is 19.1 Å². The molecule has 0 radical (unpaired) electrons. The van der Waals surface area contributed by atoms with Gasteiger partial charge in [-0.25, -0.2) is 9.59 Å². The van der Waals surface area contributed by atoms with Crippen molar-refractivity contribution in [2.24, 2.45) is 0 Å². The van der Waals surface area contributed by atoms with E-state index in [0.29, 0.717) is 16.0 Å². The second-order valence-corrected chi connectivity index (χ2v) is 7.51. The Morgan fingerprint density at radius 1 is 0.750 bits per heavy atom. The molecule has 0 bridgehead atoms. The lowest BCUT2D eigenvalue weighted by Gasteiger charge is -2.08. The first-order chi connectivity index (χ1) is 11.4. The van der Waals surface area contributed by atoms with Crippen LogP contribution in [0, 0.1) is 0 Å². The van der Waals surface area contributed by atoms with E-state index in [1.165, 1.54) is 0 Å². The quantitative estimate of drug-likeness (QED) is 0.262. The Kier molecular flexibility index (Phi) is 7.21. The zero-order chi connectivity index (χ0) is 17.7. The predicted molar refractivity (Wildman–Crippen MR) is 104 cm³/mol. The van der Waals surface area contributed by atoms with Gasteiger partial charge in [-0.2, -0.15) is 0 Å². The topological polar surface area (TPSA) is 52.6 Å². The van der Waals surface area contributed by atoms with Gasteiger partial charge in [0, 0.05) is 4.47 Å². The zero-order valence-corrected chi connectivity index (χ0v) is 18.1. The molecule has 0 fully saturated rings. The Morgan fingerprint density at radius 3 is 1.96 bits per heavy atom. The van der Waals surface area contributed by atoms with E-state index in [1.54, 1.807) is 48.5 Å². The van der Waals surface area contributed by atoms with Gasteiger partial charge in [-0.1, -0.05) is 24.3 Å². The Morgan fingerprint density at radius 2 is 1.33 bits per heavy atom. The summed E-state index contributed by atoms with van der Waals surface area (Å²) in [6, 6.07) is 13.6. The summed E-state index contributed by atoms with van der Waals surface area (Å²) in [6.07, 6.45) is 0. The zero-order valence-electron chi connectivity index (χ0n) is 11.8. The Balaban J connectivity index is 2.14. The van der Waals surface area contributed by atoms with E-state index < -0.39 is 11.9 Å². The van der Waals surface area contributed by atoms with Crippen molar-refractivity contribution in [3.8, 4) is 11.5 Å². The molecule has 0 saturated heterocycles. The lowest BCUT2D eigenvalue weighted by Crippen LogP contribution is -2.15. The lowest BCUT2D eigenvalue weighted by molar-refractivity contribution is -0.132. The molecule has 124 valence electrons. The number of hydrogen-bond acceptors (Lipinski definition) is 4. The van der Waals surface area contributed by atoms with Gasteiger partial charge in [0.25, 0.3) is 0 Å². The minimum absolute atomic E-state index is 0.0810. The fourth-order valence-corrected chi connectivity index (χ4v) is 2.71. The van der Waals surface area contributed by atoms with Crippen molar-refractivity contribution in [2.75, 3.05) is 0 Å². The fourth-order valence-electron chi connectivity index (χ4n) is 1.53. The lowest BCUT2D eigenvalue weighted by atomic mass is 10.3. The van der Waals surface area contributed by atoms with E-state index in [1.807, 2.05) is 0 Å². The Bertz CT molecular complexity index is 803. The van der Waals surface area contributed by atoms with E-state index in [4.69, 9.17) is 9.47 Å². The van der Waals surface area contributed by atoms with Gasteiger partial charge in [0.2, 0.25) is 0 Å². The van der Waals surface area contributed by atoms with Crippen molar-refractivity contribution in [1.82, 2.24) is 0 Å². The molecule has 0 aliphatic carbocycles. The highest BCUT2D eigenvalue weighted by Crippen LogP contribution is 2.33. The van der Waals surface area contributed by atoms with Gasteiger partial charge in [0.05, 0.1) is 4.47 Å². The van der Waals surface area contributed by atoms with Crippen LogP contribution in [0.1, 0.15) is 0 Å². The molecule has 2 rings (SSSR count). The standard InChI is InChI=1S/C16H8Br4O4/c17-10-7-4-8-11(12(10)18)24-16(22)14(20)13(19)15(21)23-9-5-2-1-3-6-9/h1-8H/b14-13+. The molecule has 24 heavy (non-hydrogen) atoms. The van der Waals surface area contributed by atoms with E-state index in [0.717, 1.165) is 4.47 Å². The third-order valence-electron chi connectivity index (χ3n) is 2.62. The Hall–Kier alpha value is -0.960. The fraction of sp³-hybridized carbons (Fsp3) is 0. The monoisotopic (exact) mass is 580 g/mol. The summed E-state index contributed by atoms with van der Waals surface area (Å²) in [5.41, 5.74) is 0. The highest BCUT2D eigenvalue weighted by molar-refractivity contribution is 9.14. The van der Waals surface area contributed by atoms with Crippen molar-refractivity contribution >= 4 is 75.7 Å². The molecule has 4 nitrogen and oxygen atoms in total. The number of para-hydroxylation sites is 1. The van der Waals surface area contributed by atoms with Gasteiger partial charge in [0.15, 0.2) is 0 Å². The summed E-state index contributed by atoms with van der Waals surface area (Å²) in [6.45, 7) is 0. The van der Waals surface area contributed by atoms with Crippen molar-refractivity contribution in [3.63, 3.8) is 0 Å².